The van der Waals surface area contributed by atoms with Crippen molar-refractivity contribution in [1.29, 1.82) is 0 Å². The molecule has 0 fully saturated rings. The fourth-order valence-electron chi connectivity index (χ4n) is 1.06. The van der Waals surface area contributed by atoms with Crippen LogP contribution in [0.25, 0.3) is 0 Å². The number of aromatic amines is 1. The lowest BCUT2D eigenvalue weighted by Gasteiger charge is -1.97. The first-order valence-corrected chi connectivity index (χ1v) is 5.73. The summed E-state index contributed by atoms with van der Waals surface area (Å²) >= 11 is 6.46. The van der Waals surface area contributed by atoms with Gasteiger partial charge in [-0.1, -0.05) is 6.07 Å². The first-order chi connectivity index (χ1) is 7.68. The summed E-state index contributed by atoms with van der Waals surface area (Å²) in [7, 11) is 0. The van der Waals surface area contributed by atoms with E-state index in [0.717, 1.165) is 9.55 Å². The largest absolute Gasteiger partial charge is 0.296 e. The molecule has 0 aromatic carbocycles. The molecule has 5 nitrogen and oxygen atoms in total. The summed E-state index contributed by atoms with van der Waals surface area (Å²) < 4.78 is 1.31. The van der Waals surface area contributed by atoms with Gasteiger partial charge in [-0.15, -0.1) is 11.3 Å². The summed E-state index contributed by atoms with van der Waals surface area (Å²) in [5.74, 6) is 0. The minimum Gasteiger partial charge on any atom is -0.265 e. The molecule has 0 aliphatic carbocycles. The van der Waals surface area contributed by atoms with Crippen molar-refractivity contribution in [2.24, 2.45) is 5.10 Å². The molecule has 2 rings (SSSR count). The second-order valence-electron chi connectivity index (χ2n) is 2.99. The molecule has 0 atom stereocenters. The molecule has 2 aromatic heterocycles. The maximum Gasteiger partial charge on any atom is 0.296 e. The van der Waals surface area contributed by atoms with Crippen molar-refractivity contribution in [2.75, 3.05) is 0 Å². The number of aryl methyl sites for hydroxylation is 1. The van der Waals surface area contributed by atoms with Crippen molar-refractivity contribution in [3.8, 4) is 0 Å². The number of nitrogens with zero attached hydrogens (tertiary/aromatic N) is 3. The summed E-state index contributed by atoms with van der Waals surface area (Å²) in [6.07, 6.45) is 1.59. The standard InChI is InChI=1S/C9H8N4OS2/c1-6-8(14)13(9(15)12-11-6)10-5-7-3-2-4-16-7/h2-5H,1H3,(H,12,15)/b10-5+. The van der Waals surface area contributed by atoms with Crippen LogP contribution in [-0.4, -0.2) is 21.1 Å². The van der Waals surface area contributed by atoms with Gasteiger partial charge in [0.1, 0.15) is 5.69 Å². The molecule has 82 valence electrons. The van der Waals surface area contributed by atoms with Crippen LogP contribution >= 0.6 is 23.6 Å². The third-order valence-corrected chi connectivity index (χ3v) is 2.93. The zero-order chi connectivity index (χ0) is 11.5. The lowest BCUT2D eigenvalue weighted by Crippen LogP contribution is -2.22. The second-order valence-corrected chi connectivity index (χ2v) is 4.36. The van der Waals surface area contributed by atoms with Gasteiger partial charge < -0.3 is 0 Å². The van der Waals surface area contributed by atoms with Crippen molar-refractivity contribution in [3.63, 3.8) is 0 Å². The zero-order valence-corrected chi connectivity index (χ0v) is 10.0. The highest BCUT2D eigenvalue weighted by Gasteiger charge is 2.00. The summed E-state index contributed by atoms with van der Waals surface area (Å²) in [4.78, 5) is 12.6. The fraction of sp³-hybridized carbons (Fsp3) is 0.111. The Kier molecular flexibility index (Phi) is 3.07. The molecule has 1 N–H and O–H groups in total. The number of aromatic nitrogens is 3. The Morgan fingerprint density at radius 1 is 1.69 bits per heavy atom. The van der Waals surface area contributed by atoms with Gasteiger partial charge >= 0.3 is 0 Å². The van der Waals surface area contributed by atoms with Gasteiger partial charge in [-0.2, -0.15) is 14.9 Å². The SMILES string of the molecule is Cc1n[nH]c(=S)n(/N=C/c2cccs2)c1=O. The van der Waals surface area contributed by atoms with E-state index in [1.54, 1.807) is 13.1 Å². The van der Waals surface area contributed by atoms with E-state index in [9.17, 15) is 4.79 Å². The number of hydrogen-bond donors (Lipinski definition) is 1. The Bertz CT molecular complexity index is 624. The molecular formula is C9H8N4OS2. The van der Waals surface area contributed by atoms with Crippen molar-refractivity contribution >= 4 is 29.8 Å². The summed E-state index contributed by atoms with van der Waals surface area (Å²) in [5.41, 5.74) is 0.0217. The van der Waals surface area contributed by atoms with Crippen LogP contribution in [0.2, 0.25) is 0 Å². The van der Waals surface area contributed by atoms with Crippen molar-refractivity contribution in [3.05, 3.63) is 43.2 Å². The van der Waals surface area contributed by atoms with Crippen molar-refractivity contribution in [2.45, 2.75) is 6.92 Å². The predicted molar refractivity (Wildman–Crippen MR) is 65.7 cm³/mol. The minimum absolute atomic E-state index is 0.184. The molecule has 0 saturated carbocycles. The smallest absolute Gasteiger partial charge is 0.265 e. The van der Waals surface area contributed by atoms with Crippen LogP contribution in [0.5, 0.6) is 0 Å². The van der Waals surface area contributed by atoms with E-state index in [4.69, 9.17) is 12.2 Å². The van der Waals surface area contributed by atoms with Gasteiger partial charge in [0.25, 0.3) is 5.56 Å². The molecule has 0 bridgehead atoms. The maximum atomic E-state index is 11.7. The van der Waals surface area contributed by atoms with Gasteiger partial charge in [0.2, 0.25) is 4.77 Å². The molecule has 0 aliphatic heterocycles. The Labute approximate surface area is 100 Å². The van der Waals surface area contributed by atoms with Gasteiger partial charge in [0.05, 0.1) is 6.21 Å². The van der Waals surface area contributed by atoms with Gasteiger partial charge in [-0.3, -0.25) is 9.89 Å². The molecule has 0 radical (unpaired) electrons. The molecule has 0 aliphatic rings. The number of rotatable bonds is 2. The van der Waals surface area contributed by atoms with Crippen LogP contribution in [0, 0.1) is 11.7 Å². The second kappa shape index (κ2) is 4.50. The number of thiophene rings is 1. The first-order valence-electron chi connectivity index (χ1n) is 4.44. The molecule has 2 aromatic rings. The normalized spacial score (nSPS) is 11.1. The van der Waals surface area contributed by atoms with E-state index in [0.29, 0.717) is 5.69 Å². The highest BCUT2D eigenvalue weighted by Crippen LogP contribution is 2.04. The molecule has 0 amide bonds. The Morgan fingerprint density at radius 2 is 2.50 bits per heavy atom. The van der Waals surface area contributed by atoms with Gasteiger partial charge in [-0.25, -0.2) is 0 Å². The average Bonchev–Trinajstić information content (AvgIpc) is 2.77. The van der Waals surface area contributed by atoms with E-state index in [1.807, 2.05) is 17.5 Å². The highest BCUT2D eigenvalue weighted by molar-refractivity contribution is 7.71. The lowest BCUT2D eigenvalue weighted by atomic mass is 10.5. The average molecular weight is 252 g/mol. The summed E-state index contributed by atoms with van der Waals surface area (Å²) in [6, 6.07) is 3.81. The van der Waals surface area contributed by atoms with Crippen molar-refractivity contribution < 1.29 is 0 Å². The van der Waals surface area contributed by atoms with E-state index in [-0.39, 0.29) is 10.3 Å². The molecule has 0 unspecified atom stereocenters. The highest BCUT2D eigenvalue weighted by atomic mass is 32.1. The van der Waals surface area contributed by atoms with Crippen LogP contribution in [0.4, 0.5) is 0 Å². The quantitative estimate of drug-likeness (QED) is 0.651. The predicted octanol–water partition coefficient (Wildman–Crippen LogP) is 1.55. The van der Waals surface area contributed by atoms with E-state index in [1.165, 1.54) is 11.3 Å². The number of H-pyrrole nitrogens is 1. The van der Waals surface area contributed by atoms with Crippen LogP contribution in [-0.2, 0) is 0 Å². The van der Waals surface area contributed by atoms with Gasteiger partial charge in [-0.05, 0) is 30.6 Å². The third kappa shape index (κ3) is 2.15. The van der Waals surface area contributed by atoms with Crippen LogP contribution in [0.15, 0.2) is 27.4 Å². The topological polar surface area (TPSA) is 63.0 Å². The van der Waals surface area contributed by atoms with E-state index >= 15 is 0 Å². The number of nitrogens with one attached hydrogen (secondary N) is 1. The molecule has 0 spiro atoms. The van der Waals surface area contributed by atoms with Crippen LogP contribution < -0.4 is 5.56 Å². The van der Waals surface area contributed by atoms with Crippen LogP contribution in [0.3, 0.4) is 0 Å². The molecule has 16 heavy (non-hydrogen) atoms. The Hall–Kier alpha value is -1.60. The van der Waals surface area contributed by atoms with Gasteiger partial charge in [0.15, 0.2) is 0 Å². The summed E-state index contributed by atoms with van der Waals surface area (Å²) in [5, 5.41) is 12.3. The third-order valence-electron chi connectivity index (χ3n) is 1.86. The molecular weight excluding hydrogens is 244 g/mol. The Morgan fingerprint density at radius 3 is 3.19 bits per heavy atom. The van der Waals surface area contributed by atoms with Crippen molar-refractivity contribution in [1.82, 2.24) is 14.9 Å². The first kappa shape index (κ1) is 10.9. The van der Waals surface area contributed by atoms with Crippen LogP contribution in [0.1, 0.15) is 10.6 Å². The monoisotopic (exact) mass is 252 g/mol. The zero-order valence-electron chi connectivity index (χ0n) is 8.38. The maximum absolute atomic E-state index is 11.7. The number of hydrogen-bond acceptors (Lipinski definition) is 5. The van der Waals surface area contributed by atoms with Gasteiger partial charge in [0, 0.05) is 4.88 Å². The molecule has 7 heteroatoms. The van der Waals surface area contributed by atoms with E-state index < -0.39 is 0 Å². The molecule has 2 heterocycles. The summed E-state index contributed by atoms with van der Waals surface area (Å²) in [6.45, 7) is 1.60. The lowest BCUT2D eigenvalue weighted by molar-refractivity contribution is 0.720. The fourth-order valence-corrected chi connectivity index (χ4v) is 1.81. The minimum atomic E-state index is -0.309. The molecule has 0 saturated heterocycles. The van der Waals surface area contributed by atoms with E-state index in [2.05, 4.69) is 15.3 Å². The Balaban J connectivity index is 2.46.